The van der Waals surface area contributed by atoms with E-state index in [0.29, 0.717) is 46.9 Å². The van der Waals surface area contributed by atoms with Crippen molar-refractivity contribution in [2.45, 2.75) is 26.3 Å². The van der Waals surface area contributed by atoms with Gasteiger partial charge in [0, 0.05) is 17.9 Å². The molecule has 0 saturated carbocycles. The number of methoxy groups -OCH3 is 3. The first kappa shape index (κ1) is 21.2. The maximum atomic E-state index is 13.1. The predicted octanol–water partition coefficient (Wildman–Crippen LogP) is 2.39. The Morgan fingerprint density at radius 2 is 1.81 bits per heavy atom. The number of thioether (sulfide) groups is 1. The third-order valence-corrected chi connectivity index (χ3v) is 5.39. The lowest BCUT2D eigenvalue weighted by molar-refractivity contribution is -0.124. The Morgan fingerprint density at radius 1 is 1.19 bits per heavy atom. The number of benzene rings is 1. The first-order valence-electron chi connectivity index (χ1n) is 8.89. The molecule has 0 spiro atoms. The van der Waals surface area contributed by atoms with Crippen molar-refractivity contribution in [1.29, 1.82) is 0 Å². The number of amides is 2. The summed E-state index contributed by atoms with van der Waals surface area (Å²) in [6.45, 7) is 4.83. The molecule has 0 bridgehead atoms. The van der Waals surface area contributed by atoms with Gasteiger partial charge < -0.3 is 24.4 Å². The molecule has 7 nitrogen and oxygen atoms in total. The van der Waals surface area contributed by atoms with E-state index in [0.717, 1.165) is 6.42 Å². The summed E-state index contributed by atoms with van der Waals surface area (Å²) in [6.07, 6.45) is 0.909. The van der Waals surface area contributed by atoms with Crippen LogP contribution in [0.3, 0.4) is 0 Å². The van der Waals surface area contributed by atoms with Gasteiger partial charge in [0.2, 0.25) is 11.7 Å². The van der Waals surface area contributed by atoms with Crippen LogP contribution in [0.5, 0.6) is 17.2 Å². The third kappa shape index (κ3) is 5.00. The van der Waals surface area contributed by atoms with Crippen LogP contribution in [0.2, 0.25) is 0 Å². The molecule has 0 aromatic heterocycles. The van der Waals surface area contributed by atoms with Crippen molar-refractivity contribution in [3.05, 3.63) is 17.7 Å². The molecule has 1 heterocycles. The Morgan fingerprint density at radius 3 is 2.33 bits per heavy atom. The van der Waals surface area contributed by atoms with Gasteiger partial charge in [0.15, 0.2) is 11.5 Å². The highest BCUT2D eigenvalue weighted by Gasteiger charge is 2.35. The molecule has 1 saturated heterocycles. The average Bonchev–Trinajstić information content (AvgIpc) is 3.15. The van der Waals surface area contributed by atoms with Crippen LogP contribution >= 0.6 is 11.8 Å². The molecule has 1 aliphatic heterocycles. The molecular weight excluding hydrogens is 368 g/mol. The van der Waals surface area contributed by atoms with Gasteiger partial charge in [-0.05, 0) is 24.5 Å². The number of hydrogen-bond acceptors (Lipinski definition) is 6. The molecule has 2 amide bonds. The lowest BCUT2D eigenvalue weighted by Crippen LogP contribution is -2.47. The molecule has 0 aliphatic carbocycles. The number of rotatable bonds is 8. The van der Waals surface area contributed by atoms with Crippen LogP contribution < -0.4 is 19.5 Å². The molecule has 1 aromatic rings. The van der Waals surface area contributed by atoms with Gasteiger partial charge in [-0.3, -0.25) is 9.59 Å². The molecule has 2 rings (SSSR count). The van der Waals surface area contributed by atoms with Crippen LogP contribution in [0, 0.1) is 5.92 Å². The van der Waals surface area contributed by atoms with E-state index in [9.17, 15) is 9.59 Å². The minimum atomic E-state index is -0.478. The molecule has 0 radical (unpaired) electrons. The Bertz CT molecular complexity index is 655. The topological polar surface area (TPSA) is 77.1 Å². The number of hydrogen-bond donors (Lipinski definition) is 1. The lowest BCUT2D eigenvalue weighted by atomic mass is 10.1. The fourth-order valence-electron chi connectivity index (χ4n) is 2.83. The first-order chi connectivity index (χ1) is 12.9. The smallest absolute Gasteiger partial charge is 0.255 e. The normalized spacial score (nSPS) is 16.4. The lowest BCUT2D eigenvalue weighted by Gasteiger charge is -2.24. The fourth-order valence-corrected chi connectivity index (χ4v) is 3.99. The molecule has 1 fully saturated rings. The van der Waals surface area contributed by atoms with Crippen molar-refractivity contribution in [1.82, 2.24) is 10.2 Å². The van der Waals surface area contributed by atoms with Gasteiger partial charge in [0.05, 0.1) is 27.2 Å². The number of carbonyl (C=O) groups is 2. The van der Waals surface area contributed by atoms with Crippen LogP contribution in [0.15, 0.2) is 12.1 Å². The second kappa shape index (κ2) is 9.73. The summed E-state index contributed by atoms with van der Waals surface area (Å²) in [6, 6.07) is 2.75. The summed E-state index contributed by atoms with van der Waals surface area (Å²) in [5.41, 5.74) is 0.395. The van der Waals surface area contributed by atoms with Crippen LogP contribution in [0.1, 0.15) is 30.6 Å². The van der Waals surface area contributed by atoms with Gasteiger partial charge in [0.1, 0.15) is 6.04 Å². The molecule has 150 valence electrons. The van der Waals surface area contributed by atoms with Crippen LogP contribution in [0.4, 0.5) is 0 Å². The predicted molar refractivity (Wildman–Crippen MR) is 106 cm³/mol. The Kier molecular flexibility index (Phi) is 7.65. The molecule has 1 N–H and O–H groups in total. The largest absolute Gasteiger partial charge is 0.493 e. The van der Waals surface area contributed by atoms with E-state index >= 15 is 0 Å². The highest BCUT2D eigenvalue weighted by molar-refractivity contribution is 7.99. The standard InChI is InChI=1S/C19H28N2O5S/c1-12(2)6-7-20-18(22)14-10-27-11-21(14)19(23)13-8-15(24-3)17(26-5)16(9-13)25-4/h8-9,12,14H,6-7,10-11H2,1-5H3,(H,20,22)/t14-/m0/s1. The zero-order chi connectivity index (χ0) is 20.0. The van der Waals surface area contributed by atoms with Gasteiger partial charge in [-0.15, -0.1) is 11.8 Å². The van der Waals surface area contributed by atoms with Crippen molar-refractivity contribution in [3.63, 3.8) is 0 Å². The number of ether oxygens (including phenoxy) is 3. The number of carbonyl (C=O) groups excluding carboxylic acids is 2. The van der Waals surface area contributed by atoms with E-state index in [1.165, 1.54) is 21.3 Å². The van der Waals surface area contributed by atoms with Gasteiger partial charge in [0.25, 0.3) is 5.91 Å². The summed E-state index contributed by atoms with van der Waals surface area (Å²) >= 11 is 1.57. The van der Waals surface area contributed by atoms with Crippen molar-refractivity contribution in [3.8, 4) is 17.2 Å². The van der Waals surface area contributed by atoms with Gasteiger partial charge in [-0.1, -0.05) is 13.8 Å². The molecule has 1 aromatic carbocycles. The van der Waals surface area contributed by atoms with Crippen LogP contribution in [-0.4, -0.2) is 62.3 Å². The first-order valence-corrected chi connectivity index (χ1v) is 10.0. The van der Waals surface area contributed by atoms with Crippen LogP contribution in [0.25, 0.3) is 0 Å². The Labute approximate surface area is 164 Å². The molecular formula is C19H28N2O5S. The van der Waals surface area contributed by atoms with E-state index in [4.69, 9.17) is 14.2 Å². The van der Waals surface area contributed by atoms with E-state index in [1.54, 1.807) is 28.8 Å². The minimum Gasteiger partial charge on any atom is -0.493 e. The monoisotopic (exact) mass is 396 g/mol. The SMILES string of the molecule is COc1cc(C(=O)N2CSC[C@H]2C(=O)NCCC(C)C)cc(OC)c1OC. The van der Waals surface area contributed by atoms with Crippen molar-refractivity contribution in [2.75, 3.05) is 39.5 Å². The Balaban J connectivity index is 2.19. The zero-order valence-corrected chi connectivity index (χ0v) is 17.4. The fraction of sp³-hybridized carbons (Fsp3) is 0.579. The second-order valence-corrected chi connectivity index (χ2v) is 7.68. The molecule has 27 heavy (non-hydrogen) atoms. The van der Waals surface area contributed by atoms with Crippen molar-refractivity contribution >= 4 is 23.6 Å². The maximum Gasteiger partial charge on any atom is 0.255 e. The summed E-state index contributed by atoms with van der Waals surface area (Å²) in [4.78, 5) is 27.2. The summed E-state index contributed by atoms with van der Waals surface area (Å²) < 4.78 is 15.9. The molecule has 1 aliphatic rings. The molecule has 1 atom stereocenters. The average molecular weight is 397 g/mol. The minimum absolute atomic E-state index is 0.110. The number of nitrogens with one attached hydrogen (secondary N) is 1. The van der Waals surface area contributed by atoms with Gasteiger partial charge in [-0.25, -0.2) is 0 Å². The maximum absolute atomic E-state index is 13.1. The summed E-state index contributed by atoms with van der Waals surface area (Å²) in [7, 11) is 4.51. The molecule has 0 unspecified atom stereocenters. The molecule has 8 heteroatoms. The van der Waals surface area contributed by atoms with Crippen molar-refractivity contribution < 1.29 is 23.8 Å². The van der Waals surface area contributed by atoms with E-state index in [1.807, 2.05) is 0 Å². The van der Waals surface area contributed by atoms with E-state index in [-0.39, 0.29) is 11.8 Å². The van der Waals surface area contributed by atoms with E-state index in [2.05, 4.69) is 19.2 Å². The van der Waals surface area contributed by atoms with E-state index < -0.39 is 6.04 Å². The highest BCUT2D eigenvalue weighted by Crippen LogP contribution is 2.39. The second-order valence-electron chi connectivity index (χ2n) is 6.68. The number of nitrogens with zero attached hydrogens (tertiary/aromatic N) is 1. The van der Waals surface area contributed by atoms with Gasteiger partial charge >= 0.3 is 0 Å². The summed E-state index contributed by atoms with van der Waals surface area (Å²) in [5, 5.41) is 2.94. The quantitative estimate of drug-likeness (QED) is 0.727. The zero-order valence-electron chi connectivity index (χ0n) is 16.5. The third-order valence-electron chi connectivity index (χ3n) is 4.38. The Hall–Kier alpha value is -2.09. The highest BCUT2D eigenvalue weighted by atomic mass is 32.2. The summed E-state index contributed by atoms with van der Waals surface area (Å²) in [5.74, 6) is 2.47. The van der Waals surface area contributed by atoms with Crippen molar-refractivity contribution in [2.24, 2.45) is 5.92 Å². The van der Waals surface area contributed by atoms with Crippen LogP contribution in [-0.2, 0) is 4.79 Å². The van der Waals surface area contributed by atoms with Gasteiger partial charge in [-0.2, -0.15) is 0 Å².